The van der Waals surface area contributed by atoms with Crippen LogP contribution in [0, 0.1) is 0 Å². The maximum atomic E-state index is 10.1. The van der Waals surface area contributed by atoms with Crippen LogP contribution in [-0.4, -0.2) is 18.5 Å². The second kappa shape index (κ2) is 8.04. The first-order valence-corrected chi connectivity index (χ1v) is 2.96. The minimum Gasteiger partial charge on any atom is -0.550 e. The molecule has 0 rings (SSSR count). The van der Waals surface area contributed by atoms with E-state index < -0.39 is 11.9 Å². The predicted molar refractivity (Wildman–Crippen MR) is 30.9 cm³/mol. The molecule has 0 aromatic heterocycles. The maximum Gasteiger partial charge on any atom is 1.00 e. The fourth-order valence-electron chi connectivity index (χ4n) is 0.432. The molecule has 0 fully saturated rings. The second-order valence-electron chi connectivity index (χ2n) is 1.82. The average Bonchev–Trinajstić information content (AvgIpc) is 1.79. The van der Waals surface area contributed by atoms with E-state index in [1.807, 2.05) is 0 Å². The first kappa shape index (κ1) is 13.5. The molecule has 0 aromatic carbocycles. The Bertz CT molecular complexity index is 119. The van der Waals surface area contributed by atoms with Crippen LogP contribution in [0.4, 0.5) is 0 Å². The van der Waals surface area contributed by atoms with Gasteiger partial charge in [0.05, 0.1) is 6.61 Å². The Kier molecular flexibility index (Phi) is 9.89. The Balaban J connectivity index is 0. The number of carbonyl (C=O) groups excluding carboxylic acids is 2. The van der Waals surface area contributed by atoms with Crippen LogP contribution >= 0.6 is 0 Å². The maximum absolute atomic E-state index is 10.1. The van der Waals surface area contributed by atoms with E-state index >= 15 is 0 Å². The molecule has 58 valence electrons. The fraction of sp³-hybridized carbons (Fsp3) is 0.667. The second-order valence-corrected chi connectivity index (χ2v) is 1.82. The van der Waals surface area contributed by atoms with Gasteiger partial charge >= 0.3 is 35.5 Å². The van der Waals surface area contributed by atoms with Gasteiger partial charge in [-0.05, 0) is 12.8 Å². The molecule has 4 nitrogen and oxygen atoms in total. The molecule has 0 aliphatic heterocycles. The van der Waals surface area contributed by atoms with Crippen molar-refractivity contribution >= 4 is 11.9 Å². The van der Waals surface area contributed by atoms with Crippen molar-refractivity contribution < 1.29 is 49.0 Å². The third-order valence-electron chi connectivity index (χ3n) is 0.831. The van der Waals surface area contributed by atoms with E-state index in [2.05, 4.69) is 4.74 Å². The summed E-state index contributed by atoms with van der Waals surface area (Å²) in [5.74, 6) is -1.51. The third kappa shape index (κ3) is 13.0. The van der Waals surface area contributed by atoms with Gasteiger partial charge in [0.15, 0.2) is 0 Å². The number of esters is 1. The van der Waals surface area contributed by atoms with E-state index in [1.165, 1.54) is 6.92 Å². The average molecular weight is 168 g/mol. The van der Waals surface area contributed by atoms with Gasteiger partial charge < -0.3 is 14.6 Å². The number of carboxylic acids is 1. The quantitative estimate of drug-likeness (QED) is 0.244. The molecule has 0 atom stereocenters. The summed E-state index contributed by atoms with van der Waals surface area (Å²) in [5.41, 5.74) is 0. The first-order chi connectivity index (χ1) is 4.63. The SMILES string of the molecule is CC(=O)OCCCC(=O)[O-].[Na+]. The van der Waals surface area contributed by atoms with E-state index in [-0.39, 0.29) is 42.6 Å². The number of rotatable bonds is 4. The van der Waals surface area contributed by atoms with Crippen LogP contribution in [0.1, 0.15) is 19.8 Å². The summed E-state index contributed by atoms with van der Waals surface area (Å²) in [4.78, 5) is 19.9. The van der Waals surface area contributed by atoms with Gasteiger partial charge in [-0.3, -0.25) is 4.79 Å². The molecule has 0 saturated heterocycles. The minimum atomic E-state index is -1.12. The Labute approximate surface area is 87.2 Å². The molecule has 0 N–H and O–H groups in total. The summed E-state index contributed by atoms with van der Waals surface area (Å²) in [7, 11) is 0. The Morgan fingerprint density at radius 3 is 2.36 bits per heavy atom. The summed E-state index contributed by atoms with van der Waals surface area (Å²) < 4.78 is 4.46. The zero-order chi connectivity index (χ0) is 7.98. The number of ether oxygens (including phenoxy) is 1. The fourth-order valence-corrected chi connectivity index (χ4v) is 0.432. The van der Waals surface area contributed by atoms with Crippen molar-refractivity contribution in [2.75, 3.05) is 6.61 Å². The molecule has 0 spiro atoms. The molecule has 11 heavy (non-hydrogen) atoms. The topological polar surface area (TPSA) is 66.4 Å². The normalized spacial score (nSPS) is 8.09. The van der Waals surface area contributed by atoms with E-state index in [4.69, 9.17) is 0 Å². The zero-order valence-electron chi connectivity index (χ0n) is 6.75. The van der Waals surface area contributed by atoms with Crippen molar-refractivity contribution in [2.24, 2.45) is 0 Å². The van der Waals surface area contributed by atoms with Crippen molar-refractivity contribution in [3.05, 3.63) is 0 Å². The number of hydrogen-bond donors (Lipinski definition) is 0. The monoisotopic (exact) mass is 168 g/mol. The van der Waals surface area contributed by atoms with E-state index in [1.54, 1.807) is 0 Å². The van der Waals surface area contributed by atoms with Crippen LogP contribution in [0.5, 0.6) is 0 Å². The Hall–Kier alpha value is -0.0600. The standard InChI is InChI=1S/C6H10O4.Na/c1-5(7)10-4-2-3-6(8)9;/h2-4H2,1H3,(H,8,9);/q;+1/p-1. The predicted octanol–water partition coefficient (Wildman–Crippen LogP) is -3.92. The van der Waals surface area contributed by atoms with Gasteiger partial charge in [0, 0.05) is 12.9 Å². The molecule has 0 bridgehead atoms. The van der Waals surface area contributed by atoms with Crippen molar-refractivity contribution in [1.82, 2.24) is 0 Å². The molecule has 0 saturated carbocycles. The number of carboxylic acid groups (broad SMARTS) is 1. The molecule has 0 heterocycles. The molecule has 0 aliphatic carbocycles. The number of hydrogen-bond acceptors (Lipinski definition) is 4. The Morgan fingerprint density at radius 2 is 2.00 bits per heavy atom. The van der Waals surface area contributed by atoms with E-state index in [9.17, 15) is 14.7 Å². The van der Waals surface area contributed by atoms with Crippen LogP contribution in [0.2, 0.25) is 0 Å². The van der Waals surface area contributed by atoms with Gasteiger partial charge in [0.1, 0.15) is 0 Å². The summed E-state index contributed by atoms with van der Waals surface area (Å²) in [6.07, 6.45) is 0.259. The number of aliphatic carboxylic acids is 1. The van der Waals surface area contributed by atoms with Gasteiger partial charge in [-0.2, -0.15) is 0 Å². The molecule has 0 amide bonds. The van der Waals surface area contributed by atoms with E-state index in [0.717, 1.165) is 0 Å². The largest absolute Gasteiger partial charge is 1.00 e. The van der Waals surface area contributed by atoms with Crippen LogP contribution in [0.15, 0.2) is 0 Å². The number of carbonyl (C=O) groups is 2. The summed E-state index contributed by atoms with van der Waals surface area (Å²) in [6, 6.07) is 0. The molecule has 5 heteroatoms. The third-order valence-corrected chi connectivity index (χ3v) is 0.831. The van der Waals surface area contributed by atoms with E-state index in [0.29, 0.717) is 6.42 Å². The summed E-state index contributed by atoms with van der Waals surface area (Å²) >= 11 is 0. The summed E-state index contributed by atoms with van der Waals surface area (Å²) in [5, 5.41) is 9.79. The van der Waals surface area contributed by atoms with Gasteiger partial charge in [0.2, 0.25) is 0 Å². The van der Waals surface area contributed by atoms with Crippen molar-refractivity contribution in [1.29, 1.82) is 0 Å². The zero-order valence-corrected chi connectivity index (χ0v) is 8.75. The van der Waals surface area contributed by atoms with Crippen molar-refractivity contribution in [3.63, 3.8) is 0 Å². The molecular weight excluding hydrogens is 159 g/mol. The van der Waals surface area contributed by atoms with Gasteiger partial charge in [-0.15, -0.1) is 0 Å². The van der Waals surface area contributed by atoms with Crippen molar-refractivity contribution in [2.45, 2.75) is 19.8 Å². The van der Waals surface area contributed by atoms with Crippen LogP contribution in [0.3, 0.4) is 0 Å². The van der Waals surface area contributed by atoms with Gasteiger partial charge in [0.25, 0.3) is 0 Å². The van der Waals surface area contributed by atoms with Crippen LogP contribution in [-0.2, 0) is 14.3 Å². The molecular formula is C6H9NaO4. The molecule has 0 radical (unpaired) electrons. The minimum absolute atomic E-state index is 0. The first-order valence-electron chi connectivity index (χ1n) is 2.96. The van der Waals surface area contributed by atoms with Gasteiger partial charge in [-0.1, -0.05) is 0 Å². The molecule has 0 unspecified atom stereocenters. The van der Waals surface area contributed by atoms with Crippen molar-refractivity contribution in [3.8, 4) is 0 Å². The summed E-state index contributed by atoms with van der Waals surface area (Å²) in [6.45, 7) is 1.43. The molecule has 0 aliphatic rings. The van der Waals surface area contributed by atoms with Gasteiger partial charge in [-0.25, -0.2) is 0 Å². The van der Waals surface area contributed by atoms with Crippen LogP contribution < -0.4 is 34.7 Å². The smallest absolute Gasteiger partial charge is 0.550 e. The van der Waals surface area contributed by atoms with Crippen LogP contribution in [0.25, 0.3) is 0 Å². The Morgan fingerprint density at radius 1 is 1.45 bits per heavy atom. The molecule has 0 aromatic rings.